The molecule has 0 heterocycles. The van der Waals surface area contributed by atoms with Gasteiger partial charge in [-0.05, 0) is 12.8 Å². The zero-order valence-corrected chi connectivity index (χ0v) is 15.0. The highest BCUT2D eigenvalue weighted by atomic mass is 32.2. The molecule has 0 bridgehead atoms. The van der Waals surface area contributed by atoms with E-state index in [1.165, 1.54) is 51.4 Å². The highest BCUT2D eigenvalue weighted by molar-refractivity contribution is 7.86. The molecule has 0 rings (SSSR count). The molecule has 21 heavy (non-hydrogen) atoms. The Kier molecular flexibility index (Phi) is 13.5. The maximum atomic E-state index is 11.3. The smallest absolute Gasteiger partial charge is 0.267 e. The predicted molar refractivity (Wildman–Crippen MR) is 91.3 cm³/mol. The number of rotatable bonds is 15. The van der Waals surface area contributed by atoms with E-state index in [1.807, 2.05) is 6.92 Å². The number of hydrogen-bond acceptors (Lipinski definition) is 2. The van der Waals surface area contributed by atoms with Crippen LogP contribution in [0.1, 0.15) is 104 Å². The van der Waals surface area contributed by atoms with Gasteiger partial charge in [-0.1, -0.05) is 90.9 Å². The first-order valence-electron chi connectivity index (χ1n) is 8.98. The van der Waals surface area contributed by atoms with Gasteiger partial charge in [-0.25, -0.2) is 0 Å². The number of hydrogen-bond donors (Lipinski definition) is 1. The van der Waals surface area contributed by atoms with Crippen LogP contribution in [-0.4, -0.2) is 18.2 Å². The quantitative estimate of drug-likeness (QED) is 0.309. The van der Waals surface area contributed by atoms with Crippen molar-refractivity contribution in [2.24, 2.45) is 0 Å². The standard InChI is InChI=1S/C17H36O3S/c1-3-5-7-8-9-10-11-12-13-14-16-17(15-6-4-2)21(18,19)20/h17H,3-16H2,1-2H3,(H,18,19,20). The van der Waals surface area contributed by atoms with E-state index in [1.54, 1.807) is 0 Å². The lowest BCUT2D eigenvalue weighted by Crippen LogP contribution is -2.20. The lowest BCUT2D eigenvalue weighted by Gasteiger charge is -2.13. The van der Waals surface area contributed by atoms with Gasteiger partial charge in [0.1, 0.15) is 0 Å². The summed E-state index contributed by atoms with van der Waals surface area (Å²) >= 11 is 0. The first kappa shape index (κ1) is 20.9. The van der Waals surface area contributed by atoms with E-state index >= 15 is 0 Å². The van der Waals surface area contributed by atoms with Crippen molar-refractivity contribution in [3.05, 3.63) is 0 Å². The summed E-state index contributed by atoms with van der Waals surface area (Å²) in [6.45, 7) is 4.28. The maximum absolute atomic E-state index is 11.3. The van der Waals surface area contributed by atoms with E-state index in [9.17, 15) is 13.0 Å². The van der Waals surface area contributed by atoms with Gasteiger partial charge >= 0.3 is 0 Å². The molecular weight excluding hydrogens is 284 g/mol. The van der Waals surface area contributed by atoms with Crippen molar-refractivity contribution in [1.29, 1.82) is 0 Å². The summed E-state index contributed by atoms with van der Waals surface area (Å²) in [6.07, 6.45) is 15.6. The minimum absolute atomic E-state index is 0.536. The molecular formula is C17H36O3S. The molecule has 1 unspecified atom stereocenters. The third kappa shape index (κ3) is 13.3. The van der Waals surface area contributed by atoms with Gasteiger partial charge in [0.25, 0.3) is 10.1 Å². The van der Waals surface area contributed by atoms with Crippen molar-refractivity contribution in [2.45, 2.75) is 109 Å². The maximum Gasteiger partial charge on any atom is 0.267 e. The molecule has 0 aromatic rings. The van der Waals surface area contributed by atoms with Crippen molar-refractivity contribution in [2.75, 3.05) is 0 Å². The van der Waals surface area contributed by atoms with E-state index in [-0.39, 0.29) is 0 Å². The third-order valence-corrected chi connectivity index (χ3v) is 5.49. The SMILES string of the molecule is CCCCCCCCCCCCC(CCCC)S(=O)(=O)O. The predicted octanol–water partition coefficient (Wildman–Crippen LogP) is 5.74. The van der Waals surface area contributed by atoms with Crippen molar-refractivity contribution in [3.63, 3.8) is 0 Å². The average molecular weight is 321 g/mol. The van der Waals surface area contributed by atoms with Crippen LogP contribution in [-0.2, 0) is 10.1 Å². The Labute approximate surface area is 132 Å². The van der Waals surface area contributed by atoms with Gasteiger partial charge in [-0.2, -0.15) is 8.42 Å². The topological polar surface area (TPSA) is 54.4 Å². The lowest BCUT2D eigenvalue weighted by molar-refractivity contribution is 0.445. The second kappa shape index (κ2) is 13.6. The summed E-state index contributed by atoms with van der Waals surface area (Å²) in [6, 6.07) is 0. The molecule has 0 aromatic carbocycles. The zero-order chi connectivity index (χ0) is 16.0. The van der Waals surface area contributed by atoms with Gasteiger partial charge in [-0.3, -0.25) is 4.55 Å². The second-order valence-electron chi connectivity index (χ2n) is 6.25. The van der Waals surface area contributed by atoms with Crippen LogP contribution in [0.5, 0.6) is 0 Å². The molecule has 0 aliphatic carbocycles. The minimum atomic E-state index is -3.85. The molecule has 3 nitrogen and oxygen atoms in total. The van der Waals surface area contributed by atoms with Crippen molar-refractivity contribution in [3.8, 4) is 0 Å². The minimum Gasteiger partial charge on any atom is -0.285 e. The van der Waals surface area contributed by atoms with E-state index < -0.39 is 15.4 Å². The second-order valence-corrected chi connectivity index (χ2v) is 7.95. The normalized spacial score (nSPS) is 13.5. The molecule has 0 spiro atoms. The molecule has 0 saturated heterocycles. The fourth-order valence-electron chi connectivity index (χ4n) is 2.73. The van der Waals surface area contributed by atoms with Crippen LogP contribution in [0.15, 0.2) is 0 Å². The van der Waals surface area contributed by atoms with Crippen LogP contribution < -0.4 is 0 Å². The van der Waals surface area contributed by atoms with Gasteiger partial charge in [-0.15, -0.1) is 0 Å². The highest BCUT2D eigenvalue weighted by Gasteiger charge is 2.21. The largest absolute Gasteiger partial charge is 0.285 e. The Morgan fingerprint density at radius 2 is 1.05 bits per heavy atom. The fourth-order valence-corrected chi connectivity index (χ4v) is 3.66. The van der Waals surface area contributed by atoms with E-state index in [0.29, 0.717) is 12.8 Å². The molecule has 0 saturated carbocycles. The Bertz CT molecular complexity index is 312. The van der Waals surface area contributed by atoms with Crippen molar-refractivity contribution >= 4 is 10.1 Å². The summed E-state index contributed by atoms with van der Waals surface area (Å²) in [5.74, 6) is 0. The lowest BCUT2D eigenvalue weighted by atomic mass is 10.0. The van der Waals surface area contributed by atoms with Gasteiger partial charge in [0.2, 0.25) is 0 Å². The number of unbranched alkanes of at least 4 members (excludes halogenated alkanes) is 10. The van der Waals surface area contributed by atoms with Crippen LogP contribution >= 0.6 is 0 Å². The van der Waals surface area contributed by atoms with E-state index in [0.717, 1.165) is 25.7 Å². The van der Waals surface area contributed by atoms with Gasteiger partial charge in [0.15, 0.2) is 0 Å². The third-order valence-electron chi connectivity index (χ3n) is 4.18. The van der Waals surface area contributed by atoms with Gasteiger partial charge in [0.05, 0.1) is 5.25 Å². The van der Waals surface area contributed by atoms with E-state index in [2.05, 4.69) is 6.92 Å². The van der Waals surface area contributed by atoms with Gasteiger partial charge in [0, 0.05) is 0 Å². The molecule has 0 aliphatic heterocycles. The van der Waals surface area contributed by atoms with E-state index in [4.69, 9.17) is 0 Å². The first-order chi connectivity index (χ1) is 10.0. The summed E-state index contributed by atoms with van der Waals surface area (Å²) in [7, 11) is -3.85. The summed E-state index contributed by atoms with van der Waals surface area (Å²) in [5.41, 5.74) is 0. The summed E-state index contributed by atoms with van der Waals surface area (Å²) < 4.78 is 31.8. The highest BCUT2D eigenvalue weighted by Crippen LogP contribution is 2.18. The fraction of sp³-hybridized carbons (Fsp3) is 1.00. The Morgan fingerprint density at radius 3 is 1.48 bits per heavy atom. The van der Waals surface area contributed by atoms with Gasteiger partial charge < -0.3 is 0 Å². The Morgan fingerprint density at radius 1 is 0.667 bits per heavy atom. The van der Waals surface area contributed by atoms with Crippen LogP contribution in [0, 0.1) is 0 Å². The first-order valence-corrected chi connectivity index (χ1v) is 10.5. The molecule has 0 aromatic heterocycles. The molecule has 0 amide bonds. The molecule has 0 radical (unpaired) electrons. The summed E-state index contributed by atoms with van der Waals surface area (Å²) in [5, 5.41) is -0.536. The molecule has 128 valence electrons. The Balaban J connectivity index is 3.54. The van der Waals surface area contributed by atoms with Crippen LogP contribution in [0.2, 0.25) is 0 Å². The molecule has 0 fully saturated rings. The van der Waals surface area contributed by atoms with Crippen LogP contribution in [0.4, 0.5) is 0 Å². The van der Waals surface area contributed by atoms with Crippen LogP contribution in [0.3, 0.4) is 0 Å². The zero-order valence-electron chi connectivity index (χ0n) is 14.1. The molecule has 4 heteroatoms. The van der Waals surface area contributed by atoms with Crippen molar-refractivity contribution in [1.82, 2.24) is 0 Å². The average Bonchev–Trinajstić information content (AvgIpc) is 2.42. The Hall–Kier alpha value is -0.0900. The molecule has 1 N–H and O–H groups in total. The monoisotopic (exact) mass is 320 g/mol. The molecule has 1 atom stereocenters. The molecule has 0 aliphatic rings. The summed E-state index contributed by atoms with van der Waals surface area (Å²) in [4.78, 5) is 0. The van der Waals surface area contributed by atoms with Crippen molar-refractivity contribution < 1.29 is 13.0 Å². The van der Waals surface area contributed by atoms with Crippen LogP contribution in [0.25, 0.3) is 0 Å².